The highest BCUT2D eigenvalue weighted by Gasteiger charge is 1.90. The molecule has 14 heteroatoms. The predicted octanol–water partition coefficient (Wildman–Crippen LogP) is 21.4. The summed E-state index contributed by atoms with van der Waals surface area (Å²) in [5.74, 6) is 0. The number of carbonyl (C=O) groups excluding carboxylic acids is 1. The zero-order valence-electron chi connectivity index (χ0n) is 61.1. The van der Waals surface area contributed by atoms with E-state index < -0.39 is 0 Å². The molecule has 12 aromatic carbocycles. The molecule has 0 amide bonds. The molecule has 0 aliphatic heterocycles. The van der Waals surface area contributed by atoms with Crippen molar-refractivity contribution in [2.75, 3.05) is 86.9 Å². The van der Waals surface area contributed by atoms with Crippen molar-refractivity contribution in [3.05, 3.63) is 364 Å². The van der Waals surface area contributed by atoms with Crippen molar-refractivity contribution in [2.45, 2.75) is 82.1 Å². The summed E-state index contributed by atoms with van der Waals surface area (Å²) in [6, 6.07) is 117. The van der Waals surface area contributed by atoms with E-state index in [0.717, 1.165) is 76.6 Å². The lowest BCUT2D eigenvalue weighted by Crippen LogP contribution is -2.11. The topological polar surface area (TPSA) is 305 Å². The minimum atomic E-state index is 0. The van der Waals surface area contributed by atoms with Crippen LogP contribution >= 0.6 is 0 Å². The van der Waals surface area contributed by atoms with Gasteiger partial charge in [0.1, 0.15) is 6.79 Å². The molecule has 14 nitrogen and oxygen atoms in total. The minimum absolute atomic E-state index is 0. The Labute approximate surface area is 615 Å². The summed E-state index contributed by atoms with van der Waals surface area (Å²) >= 11 is 0. The monoisotopic (exact) mass is 1380 g/mol. The molecular weight excluding hydrogens is 1260 g/mol. The number of nitrogens with two attached hydrogens (primary N) is 8. The Balaban J connectivity index is -0.000000335. The van der Waals surface area contributed by atoms with Gasteiger partial charge in [0, 0.05) is 81.3 Å². The Hall–Kier alpha value is -12.1. The molecule has 0 fully saturated rings. The normalized spacial score (nSPS) is 8.27. The first-order valence-corrected chi connectivity index (χ1v) is 33.6. The van der Waals surface area contributed by atoms with Gasteiger partial charge in [-0.1, -0.05) is 287 Å². The summed E-state index contributed by atoms with van der Waals surface area (Å²) in [7, 11) is 0. The number of hydrogen-bond acceptors (Lipinski definition) is 13. The second-order valence-electron chi connectivity index (χ2n) is 20.5. The van der Waals surface area contributed by atoms with Gasteiger partial charge in [-0.3, -0.25) is 0 Å². The van der Waals surface area contributed by atoms with Crippen LogP contribution in [0.15, 0.2) is 364 Å². The van der Waals surface area contributed by atoms with Crippen LogP contribution in [0.1, 0.15) is 82.1 Å². The first-order chi connectivity index (χ1) is 48.7. The van der Waals surface area contributed by atoms with Crippen molar-refractivity contribution in [3.8, 4) is 0 Å². The Bertz CT molecular complexity index is 2910. The third-order valence-corrected chi connectivity index (χ3v) is 10.8. The molecule has 22 N–H and O–H groups in total. The zero-order chi connectivity index (χ0) is 74.4. The second-order valence-corrected chi connectivity index (χ2v) is 20.5. The molecule has 0 saturated carbocycles. The number of anilines is 12. The Kier molecular flexibility index (Phi) is 75.2. The number of para-hydroxylation sites is 12. The molecule has 0 heterocycles. The van der Waals surface area contributed by atoms with Crippen LogP contribution in [0, 0.1) is 0 Å². The van der Waals surface area contributed by atoms with Gasteiger partial charge in [-0.05, 0) is 159 Å². The van der Waals surface area contributed by atoms with Crippen molar-refractivity contribution in [3.63, 3.8) is 0 Å². The van der Waals surface area contributed by atoms with Crippen LogP contribution < -0.4 is 67.1 Å². The molecule has 0 spiro atoms. The molecule has 102 heavy (non-hydrogen) atoms. The van der Waals surface area contributed by atoms with E-state index in [-0.39, 0.29) is 12.9 Å². The maximum Gasteiger partial charge on any atom is 0.106 e. The van der Waals surface area contributed by atoms with Crippen LogP contribution in [0.2, 0.25) is 0 Å². The summed E-state index contributed by atoms with van der Waals surface area (Å²) < 4.78 is 0. The van der Waals surface area contributed by atoms with Crippen molar-refractivity contribution >= 4 is 75.0 Å². The third-order valence-electron chi connectivity index (χ3n) is 10.8. The van der Waals surface area contributed by atoms with E-state index >= 15 is 0 Å². The molecule has 0 aliphatic rings. The Morgan fingerprint density at radius 2 is 0.304 bits per heavy atom. The molecule has 0 radical (unpaired) electrons. The van der Waals surface area contributed by atoms with Crippen molar-refractivity contribution in [2.24, 2.45) is 0 Å². The molecule has 0 aromatic heterocycles. The van der Waals surface area contributed by atoms with E-state index in [0.29, 0.717) is 0 Å². The smallest absolute Gasteiger partial charge is 0.106 e. The Morgan fingerprint density at radius 1 is 0.206 bits per heavy atom. The molecule has 0 bridgehead atoms. The van der Waals surface area contributed by atoms with Gasteiger partial charge < -0.3 is 77.4 Å². The van der Waals surface area contributed by atoms with Crippen LogP contribution in [0.4, 0.5) is 68.2 Å². The first kappa shape index (κ1) is 98.5. The van der Waals surface area contributed by atoms with Crippen molar-refractivity contribution in [1.82, 2.24) is 0 Å². The molecule has 12 aromatic rings. The Morgan fingerprint density at radius 3 is 0.392 bits per heavy atom. The van der Waals surface area contributed by atoms with Gasteiger partial charge in [0.15, 0.2) is 0 Å². The van der Waals surface area contributed by atoms with Gasteiger partial charge in [0.25, 0.3) is 0 Å². The number of rotatable bonds is 8. The predicted molar refractivity (Wildman–Crippen MR) is 458 cm³/mol. The fraction of sp³-hybridized carbons (Fsp3) is 0.170. The van der Waals surface area contributed by atoms with Gasteiger partial charge in [-0.15, -0.1) is 0 Å². The van der Waals surface area contributed by atoms with Gasteiger partial charge in [-0.2, -0.15) is 0 Å². The van der Waals surface area contributed by atoms with Crippen LogP contribution in [0.5, 0.6) is 0 Å². The summed E-state index contributed by atoms with van der Waals surface area (Å²) in [5.41, 5.74) is 54.1. The van der Waals surface area contributed by atoms with Gasteiger partial charge in [-0.25, -0.2) is 0 Å². The fourth-order valence-electron chi connectivity index (χ4n) is 6.50. The number of hydrogen-bond donors (Lipinski definition) is 12. The van der Waals surface area contributed by atoms with E-state index in [1.165, 1.54) is 30.6 Å². The maximum atomic E-state index is 8.00. The van der Waals surface area contributed by atoms with Crippen LogP contribution in [-0.4, -0.2) is 32.0 Å². The van der Waals surface area contributed by atoms with E-state index in [1.54, 1.807) is 0 Å². The summed E-state index contributed by atoms with van der Waals surface area (Å²) in [4.78, 5) is 8.00. The van der Waals surface area contributed by atoms with Crippen molar-refractivity contribution in [1.29, 1.82) is 0 Å². The number of nitrogen functional groups attached to an aromatic ring is 8. The van der Waals surface area contributed by atoms with E-state index in [4.69, 9.17) is 50.7 Å². The molecule has 0 atom stereocenters. The van der Waals surface area contributed by atoms with E-state index in [1.807, 2.05) is 347 Å². The molecule has 0 unspecified atom stereocenters. The number of benzene rings is 12. The maximum absolute atomic E-state index is 8.00. The molecule has 12 rings (SSSR count). The standard InChI is InChI=1S/C13H14N2.2C8H11N.8C6H7N.3C3H8.CH2O.CH4.H2O/c1-3-7-12(8-4-1)14-11-15-13-9-5-2-6-10-13;2*1-2-9-8-6-4-3-5-7-8;8*7-6-4-2-1-3-5-6;3*1-3-2;1-2;;/h1-10,14-15H,11H2;2*3-7,9H,2H2,1H3;8*1-5H,7H2;3*3H2,1-2H3;1H2;1H4;1H2. The van der Waals surface area contributed by atoms with Gasteiger partial charge in [0.2, 0.25) is 0 Å². The van der Waals surface area contributed by atoms with Crippen LogP contribution in [-0.2, 0) is 4.79 Å². The van der Waals surface area contributed by atoms with Crippen LogP contribution in [0.3, 0.4) is 0 Å². The first-order valence-electron chi connectivity index (χ1n) is 33.6. The quantitative estimate of drug-likeness (QED) is 0.0498. The SMILES string of the molecule is C.C=O.CCC.CCC.CCC.CCNc1ccccc1.CCNc1ccccc1.Nc1ccccc1.Nc1ccccc1.Nc1ccccc1.Nc1ccccc1.Nc1ccccc1.Nc1ccccc1.Nc1ccccc1.Nc1ccccc1.O.c1ccc(NCNc2ccccc2)cc1. The summed E-state index contributed by atoms with van der Waals surface area (Å²) in [6.45, 7) is 21.6. The lowest BCUT2D eigenvalue weighted by atomic mass is 10.3. The fourth-order valence-corrected chi connectivity index (χ4v) is 6.50. The van der Waals surface area contributed by atoms with Crippen LogP contribution in [0.25, 0.3) is 0 Å². The van der Waals surface area contributed by atoms with Gasteiger partial charge in [0.05, 0.1) is 6.67 Å². The highest BCUT2D eigenvalue weighted by molar-refractivity contribution is 5.48. The lowest BCUT2D eigenvalue weighted by molar-refractivity contribution is -0.0980. The summed E-state index contributed by atoms with van der Waals surface area (Å²) in [6.07, 6.45) is 3.75. The van der Waals surface area contributed by atoms with E-state index in [2.05, 4.69) is 101 Å². The highest BCUT2D eigenvalue weighted by Crippen LogP contribution is 2.08. The molecular formula is C88H124N12O2. The van der Waals surface area contributed by atoms with E-state index in [9.17, 15) is 0 Å². The average molecular weight is 1380 g/mol. The lowest BCUT2D eigenvalue weighted by Gasteiger charge is -2.08. The number of carbonyl (C=O) groups is 1. The molecule has 0 saturated heterocycles. The number of nitrogens with one attached hydrogen (secondary N) is 4. The average Bonchev–Trinajstić information content (AvgIpc) is 1.09. The molecule has 548 valence electrons. The third kappa shape index (κ3) is 72.1. The summed E-state index contributed by atoms with van der Waals surface area (Å²) in [5, 5.41) is 13.0. The second kappa shape index (κ2) is 77.9. The van der Waals surface area contributed by atoms with Gasteiger partial charge >= 0.3 is 0 Å². The molecule has 0 aliphatic carbocycles. The highest BCUT2D eigenvalue weighted by atomic mass is 16.1. The minimum Gasteiger partial charge on any atom is -0.412 e. The zero-order valence-corrected chi connectivity index (χ0v) is 61.1. The largest absolute Gasteiger partial charge is 0.412 e. The van der Waals surface area contributed by atoms with Crippen molar-refractivity contribution < 1.29 is 10.3 Å².